The zero-order valence-corrected chi connectivity index (χ0v) is 20.3. The minimum Gasteiger partial charge on any atom is -0.447 e. The van der Waals surface area contributed by atoms with Gasteiger partial charge >= 0.3 is 6.09 Å². The highest BCUT2D eigenvalue weighted by Crippen LogP contribution is 2.23. The Morgan fingerprint density at radius 3 is 2.59 bits per heavy atom. The van der Waals surface area contributed by atoms with Crippen molar-refractivity contribution in [3.8, 4) is 0 Å². The summed E-state index contributed by atoms with van der Waals surface area (Å²) >= 11 is 6.37. The molecule has 0 aliphatic carbocycles. The molecule has 2 amide bonds. The normalized spacial score (nSPS) is 11.1. The van der Waals surface area contributed by atoms with Crippen LogP contribution in [0, 0.1) is 6.92 Å². The van der Waals surface area contributed by atoms with Gasteiger partial charge in [-0.2, -0.15) is 0 Å². The fraction of sp³-hybridized carbons (Fsp3) is 0.476. The molecule has 1 aromatic carbocycles. The first-order valence-corrected chi connectivity index (χ1v) is 11.9. The molecular formula is C21H29ClN4O5S. The number of aryl methyl sites for hydroxylation is 1. The molecule has 0 spiro atoms. The fourth-order valence-corrected chi connectivity index (χ4v) is 3.77. The number of hydrogen-bond acceptors (Lipinski definition) is 6. The third-order valence-corrected chi connectivity index (χ3v) is 5.71. The van der Waals surface area contributed by atoms with E-state index in [2.05, 4.69) is 10.3 Å². The largest absolute Gasteiger partial charge is 0.447 e. The standard InChI is InChI=1S/C21H29ClN4O5S/c1-5-6-7-10-26(32(29)30)20(27)19-13-25(15(4)23-19)12-16-8-9-17(11-18(16)22)24-21(28)31-14(2)3/h8-9,11,13-14,32H,5-7,10,12H2,1-4H3,(H,24,28). The summed E-state index contributed by atoms with van der Waals surface area (Å²) in [5.74, 6) is -0.102. The number of unbranched alkanes of at least 4 members (excludes halogenated alkanes) is 2. The number of ether oxygens (including phenoxy) is 1. The Hall–Kier alpha value is -2.59. The summed E-state index contributed by atoms with van der Waals surface area (Å²) in [5.41, 5.74) is 1.29. The summed E-state index contributed by atoms with van der Waals surface area (Å²) < 4.78 is 30.7. The molecule has 0 aliphatic rings. The Bertz CT molecular complexity index is 1030. The smallest absolute Gasteiger partial charge is 0.411 e. The number of halogens is 1. The highest BCUT2D eigenvalue weighted by atomic mass is 35.5. The van der Waals surface area contributed by atoms with Gasteiger partial charge in [-0.05, 0) is 44.9 Å². The van der Waals surface area contributed by atoms with Crippen molar-refractivity contribution in [2.45, 2.75) is 59.6 Å². The van der Waals surface area contributed by atoms with E-state index in [1.54, 1.807) is 43.5 Å². The summed E-state index contributed by atoms with van der Waals surface area (Å²) in [4.78, 5) is 28.7. The van der Waals surface area contributed by atoms with Gasteiger partial charge in [-0.25, -0.2) is 22.5 Å². The van der Waals surface area contributed by atoms with Crippen molar-refractivity contribution in [3.05, 3.63) is 46.5 Å². The van der Waals surface area contributed by atoms with Crippen LogP contribution in [0.3, 0.4) is 0 Å². The maximum atomic E-state index is 12.7. The molecule has 0 saturated carbocycles. The van der Waals surface area contributed by atoms with Crippen molar-refractivity contribution in [3.63, 3.8) is 0 Å². The van der Waals surface area contributed by atoms with Crippen molar-refractivity contribution in [2.24, 2.45) is 0 Å². The topological polar surface area (TPSA) is 111 Å². The monoisotopic (exact) mass is 484 g/mol. The molecule has 1 heterocycles. The summed E-state index contributed by atoms with van der Waals surface area (Å²) in [5, 5.41) is 3.02. The number of nitrogens with one attached hydrogen (secondary N) is 1. The van der Waals surface area contributed by atoms with Crippen LogP contribution in [0.5, 0.6) is 0 Å². The van der Waals surface area contributed by atoms with Crippen LogP contribution in [0.25, 0.3) is 0 Å². The van der Waals surface area contributed by atoms with E-state index in [1.807, 2.05) is 6.92 Å². The molecule has 0 bridgehead atoms. The Morgan fingerprint density at radius 2 is 2.00 bits per heavy atom. The van der Waals surface area contributed by atoms with Crippen LogP contribution in [0.2, 0.25) is 5.02 Å². The van der Waals surface area contributed by atoms with E-state index in [4.69, 9.17) is 16.3 Å². The van der Waals surface area contributed by atoms with E-state index in [9.17, 15) is 18.0 Å². The first kappa shape index (κ1) is 25.7. The SMILES string of the molecule is CCCCCN(C(=O)c1cn(Cc2ccc(NC(=O)OC(C)C)cc2Cl)c(C)n1)[SH](=O)=O. The molecule has 1 aromatic heterocycles. The Morgan fingerprint density at radius 1 is 1.28 bits per heavy atom. The number of aromatic nitrogens is 2. The second-order valence-corrected chi connectivity index (χ2v) is 8.93. The van der Waals surface area contributed by atoms with Crippen LogP contribution in [-0.4, -0.2) is 46.9 Å². The molecule has 0 fully saturated rings. The van der Waals surface area contributed by atoms with Crippen LogP contribution >= 0.6 is 11.6 Å². The van der Waals surface area contributed by atoms with Gasteiger partial charge in [0.25, 0.3) is 5.91 Å². The van der Waals surface area contributed by atoms with Gasteiger partial charge in [0.1, 0.15) is 11.5 Å². The zero-order valence-electron chi connectivity index (χ0n) is 18.6. The quantitative estimate of drug-likeness (QED) is 0.389. The van der Waals surface area contributed by atoms with Gasteiger partial charge in [0, 0.05) is 23.5 Å². The number of nitrogens with zero attached hydrogens (tertiary/aromatic N) is 3. The predicted octanol–water partition coefficient (Wildman–Crippen LogP) is 4.01. The van der Waals surface area contributed by atoms with Gasteiger partial charge in [0.05, 0.1) is 12.6 Å². The number of thiol groups is 1. The zero-order chi connectivity index (χ0) is 23.8. The molecule has 0 aliphatic heterocycles. The minimum absolute atomic E-state index is 0.0593. The van der Waals surface area contributed by atoms with Crippen LogP contribution in [0.1, 0.15) is 61.9 Å². The van der Waals surface area contributed by atoms with E-state index >= 15 is 0 Å². The highest BCUT2D eigenvalue weighted by molar-refractivity contribution is 7.70. The van der Waals surface area contributed by atoms with E-state index in [0.29, 0.717) is 29.5 Å². The van der Waals surface area contributed by atoms with E-state index in [0.717, 1.165) is 22.7 Å². The fourth-order valence-electron chi connectivity index (χ4n) is 2.97. The molecule has 0 atom stereocenters. The van der Waals surface area contributed by atoms with Crippen molar-refractivity contribution >= 4 is 40.2 Å². The maximum Gasteiger partial charge on any atom is 0.411 e. The average Bonchev–Trinajstić information content (AvgIpc) is 3.06. The first-order valence-electron chi connectivity index (χ1n) is 10.4. The summed E-state index contributed by atoms with van der Waals surface area (Å²) in [6.45, 7) is 7.68. The predicted molar refractivity (Wildman–Crippen MR) is 124 cm³/mol. The van der Waals surface area contributed by atoms with E-state index in [1.165, 1.54) is 6.20 Å². The minimum atomic E-state index is -3.05. The molecule has 0 radical (unpaired) electrons. The number of anilines is 1. The number of carbonyl (C=O) groups is 2. The molecule has 2 aromatic rings. The summed E-state index contributed by atoms with van der Waals surface area (Å²) in [7, 11) is -3.05. The van der Waals surface area contributed by atoms with Gasteiger partial charge in [-0.15, -0.1) is 0 Å². The van der Waals surface area contributed by atoms with Crippen LogP contribution in [0.15, 0.2) is 24.4 Å². The highest BCUT2D eigenvalue weighted by Gasteiger charge is 2.21. The van der Waals surface area contributed by atoms with Gasteiger partial charge in [-0.3, -0.25) is 10.1 Å². The molecule has 1 N–H and O–H groups in total. The lowest BCUT2D eigenvalue weighted by Crippen LogP contribution is -2.30. The third-order valence-electron chi connectivity index (χ3n) is 4.58. The Kier molecular flexibility index (Phi) is 9.52. The number of amides is 2. The molecule has 0 unspecified atom stereocenters. The second kappa shape index (κ2) is 11.9. The third kappa shape index (κ3) is 7.23. The lowest BCUT2D eigenvalue weighted by atomic mass is 10.2. The van der Waals surface area contributed by atoms with Gasteiger partial charge < -0.3 is 9.30 Å². The van der Waals surface area contributed by atoms with Crippen molar-refractivity contribution in [1.82, 2.24) is 13.9 Å². The number of benzene rings is 1. The van der Waals surface area contributed by atoms with Crippen molar-refractivity contribution in [2.75, 3.05) is 11.9 Å². The first-order chi connectivity index (χ1) is 15.1. The lowest BCUT2D eigenvalue weighted by Gasteiger charge is -2.13. The lowest BCUT2D eigenvalue weighted by molar-refractivity contribution is 0.0858. The molecule has 32 heavy (non-hydrogen) atoms. The van der Waals surface area contributed by atoms with E-state index in [-0.39, 0.29) is 18.3 Å². The van der Waals surface area contributed by atoms with Crippen molar-refractivity contribution in [1.29, 1.82) is 0 Å². The van der Waals surface area contributed by atoms with E-state index < -0.39 is 22.9 Å². The summed E-state index contributed by atoms with van der Waals surface area (Å²) in [6, 6.07) is 5.05. The van der Waals surface area contributed by atoms with Crippen LogP contribution in [0.4, 0.5) is 10.5 Å². The Labute approximate surface area is 194 Å². The van der Waals surface area contributed by atoms with Crippen molar-refractivity contribution < 1.29 is 22.7 Å². The molecule has 0 saturated heterocycles. The van der Waals surface area contributed by atoms with Gasteiger partial charge in [0.15, 0.2) is 0 Å². The average molecular weight is 485 g/mol. The molecule has 9 nitrogen and oxygen atoms in total. The Balaban J connectivity index is 2.14. The number of rotatable bonds is 10. The molecule has 2 rings (SSSR count). The number of hydrogen-bond donors (Lipinski definition) is 2. The van der Waals surface area contributed by atoms with Gasteiger partial charge in [0.2, 0.25) is 10.9 Å². The number of imidazole rings is 1. The molecular weight excluding hydrogens is 456 g/mol. The van der Waals surface area contributed by atoms with Crippen LogP contribution < -0.4 is 5.32 Å². The van der Waals surface area contributed by atoms with Crippen LogP contribution in [-0.2, 0) is 22.2 Å². The molecule has 176 valence electrons. The van der Waals surface area contributed by atoms with Gasteiger partial charge in [-0.1, -0.05) is 37.4 Å². The maximum absolute atomic E-state index is 12.7. The molecule has 11 heteroatoms. The summed E-state index contributed by atoms with van der Waals surface area (Å²) in [6.07, 6.45) is 3.06. The second-order valence-electron chi connectivity index (χ2n) is 7.56. The number of carbonyl (C=O) groups excluding carboxylic acids is 2.